The van der Waals surface area contributed by atoms with E-state index in [1.54, 1.807) is 0 Å². The third kappa shape index (κ3) is 1.65. The van der Waals surface area contributed by atoms with Gasteiger partial charge in [-0.05, 0) is 25.7 Å². The van der Waals surface area contributed by atoms with Gasteiger partial charge in [-0.1, -0.05) is 13.8 Å². The second kappa shape index (κ2) is 4.29. The minimum Gasteiger partial charge on any atom is -0.388 e. The molecule has 3 nitrogen and oxygen atoms in total. The molecule has 0 amide bonds. The summed E-state index contributed by atoms with van der Waals surface area (Å²) in [6.07, 6.45) is 2.85. The summed E-state index contributed by atoms with van der Waals surface area (Å²) in [5.41, 5.74) is -1.57. The lowest BCUT2D eigenvalue weighted by Gasteiger charge is -2.43. The number of ether oxygens (including phenoxy) is 1. The molecule has 0 saturated carbocycles. The quantitative estimate of drug-likeness (QED) is 0.751. The van der Waals surface area contributed by atoms with Gasteiger partial charge in [-0.2, -0.15) is 5.26 Å². The SMILES string of the molecule is CCC(O)(CC)C1(C#N)CCCOC1. The summed E-state index contributed by atoms with van der Waals surface area (Å²) in [7, 11) is 0. The molecule has 0 aliphatic carbocycles. The van der Waals surface area contributed by atoms with Crippen LogP contribution in [0.15, 0.2) is 0 Å². The van der Waals surface area contributed by atoms with Crippen LogP contribution in [0.1, 0.15) is 39.5 Å². The van der Waals surface area contributed by atoms with Crippen LogP contribution in [-0.2, 0) is 4.74 Å². The Labute approximate surface area is 85.7 Å². The van der Waals surface area contributed by atoms with Crippen molar-refractivity contribution in [1.82, 2.24) is 0 Å². The van der Waals surface area contributed by atoms with Gasteiger partial charge in [0.2, 0.25) is 0 Å². The first-order valence-corrected chi connectivity index (χ1v) is 5.35. The molecule has 1 heterocycles. The van der Waals surface area contributed by atoms with Crippen molar-refractivity contribution in [3.05, 3.63) is 0 Å². The highest BCUT2D eigenvalue weighted by Crippen LogP contribution is 2.42. The number of nitriles is 1. The Morgan fingerprint density at radius 2 is 2.14 bits per heavy atom. The van der Waals surface area contributed by atoms with E-state index in [4.69, 9.17) is 4.74 Å². The van der Waals surface area contributed by atoms with Gasteiger partial charge in [0, 0.05) is 6.61 Å². The summed E-state index contributed by atoms with van der Waals surface area (Å²) in [5, 5.41) is 19.7. The van der Waals surface area contributed by atoms with Gasteiger partial charge >= 0.3 is 0 Å². The molecule has 0 bridgehead atoms. The van der Waals surface area contributed by atoms with Crippen molar-refractivity contribution in [1.29, 1.82) is 5.26 Å². The molecule has 1 saturated heterocycles. The Kier molecular flexibility index (Phi) is 3.52. The zero-order valence-corrected chi connectivity index (χ0v) is 9.05. The lowest BCUT2D eigenvalue weighted by molar-refractivity contribution is -0.122. The molecule has 0 aromatic heterocycles. The number of hydrogen-bond acceptors (Lipinski definition) is 3. The van der Waals surface area contributed by atoms with E-state index in [0.717, 1.165) is 12.8 Å². The molecular weight excluding hydrogens is 178 g/mol. The van der Waals surface area contributed by atoms with Crippen LogP contribution in [0, 0.1) is 16.7 Å². The Morgan fingerprint density at radius 3 is 2.50 bits per heavy atom. The summed E-state index contributed by atoms with van der Waals surface area (Å²) in [5.74, 6) is 0. The van der Waals surface area contributed by atoms with Crippen molar-refractivity contribution < 1.29 is 9.84 Å². The van der Waals surface area contributed by atoms with E-state index in [2.05, 4.69) is 6.07 Å². The zero-order chi connectivity index (χ0) is 10.7. The van der Waals surface area contributed by atoms with Crippen LogP contribution in [0.2, 0.25) is 0 Å². The van der Waals surface area contributed by atoms with Crippen LogP contribution in [-0.4, -0.2) is 23.9 Å². The minimum absolute atomic E-state index is 0.377. The predicted molar refractivity (Wildman–Crippen MR) is 53.6 cm³/mol. The highest BCUT2D eigenvalue weighted by molar-refractivity contribution is 5.11. The summed E-state index contributed by atoms with van der Waals surface area (Å²) in [6.45, 7) is 4.95. The molecule has 1 rings (SSSR count). The molecule has 1 N–H and O–H groups in total. The van der Waals surface area contributed by atoms with Crippen LogP contribution in [0.4, 0.5) is 0 Å². The summed E-state index contributed by atoms with van der Waals surface area (Å²) >= 11 is 0. The first-order chi connectivity index (χ1) is 6.64. The maximum atomic E-state index is 10.4. The Balaban J connectivity index is 2.92. The van der Waals surface area contributed by atoms with E-state index in [-0.39, 0.29) is 0 Å². The van der Waals surface area contributed by atoms with Gasteiger partial charge in [-0.25, -0.2) is 0 Å². The van der Waals surface area contributed by atoms with Gasteiger partial charge in [0.1, 0.15) is 5.41 Å². The van der Waals surface area contributed by atoms with Crippen LogP contribution in [0.5, 0.6) is 0 Å². The molecule has 0 spiro atoms. The normalized spacial score (nSPS) is 28.4. The molecule has 1 fully saturated rings. The maximum Gasteiger partial charge on any atom is 0.109 e. The third-order valence-corrected chi connectivity index (χ3v) is 3.52. The number of nitrogens with zero attached hydrogens (tertiary/aromatic N) is 1. The monoisotopic (exact) mass is 197 g/mol. The minimum atomic E-state index is -0.887. The first-order valence-electron chi connectivity index (χ1n) is 5.35. The molecule has 1 unspecified atom stereocenters. The van der Waals surface area contributed by atoms with Crippen LogP contribution < -0.4 is 0 Å². The largest absolute Gasteiger partial charge is 0.388 e. The average Bonchev–Trinajstić information content (AvgIpc) is 2.28. The van der Waals surface area contributed by atoms with E-state index in [1.807, 2.05) is 13.8 Å². The lowest BCUT2D eigenvalue weighted by atomic mass is 9.67. The van der Waals surface area contributed by atoms with Crippen molar-refractivity contribution in [2.24, 2.45) is 5.41 Å². The van der Waals surface area contributed by atoms with Gasteiger partial charge in [-0.3, -0.25) is 0 Å². The molecule has 0 aromatic rings. The van der Waals surface area contributed by atoms with E-state index >= 15 is 0 Å². The maximum absolute atomic E-state index is 10.4. The third-order valence-electron chi connectivity index (χ3n) is 3.52. The van der Waals surface area contributed by atoms with Gasteiger partial charge in [0.15, 0.2) is 0 Å². The Hall–Kier alpha value is -0.590. The van der Waals surface area contributed by atoms with Crippen LogP contribution in [0.25, 0.3) is 0 Å². The molecule has 1 aliphatic rings. The highest BCUT2D eigenvalue weighted by atomic mass is 16.5. The molecule has 14 heavy (non-hydrogen) atoms. The second-order valence-corrected chi connectivity index (χ2v) is 4.09. The van der Waals surface area contributed by atoms with Gasteiger partial charge in [-0.15, -0.1) is 0 Å². The summed E-state index contributed by atoms with van der Waals surface area (Å²) in [4.78, 5) is 0. The highest BCUT2D eigenvalue weighted by Gasteiger charge is 2.49. The molecule has 1 aliphatic heterocycles. The van der Waals surface area contributed by atoms with E-state index in [1.165, 1.54) is 0 Å². The van der Waals surface area contributed by atoms with Gasteiger partial charge < -0.3 is 9.84 Å². The Morgan fingerprint density at radius 1 is 1.50 bits per heavy atom. The molecule has 0 radical (unpaired) electrons. The van der Waals surface area contributed by atoms with Crippen molar-refractivity contribution in [2.45, 2.75) is 45.1 Å². The molecule has 1 atom stereocenters. The van der Waals surface area contributed by atoms with E-state index in [9.17, 15) is 10.4 Å². The average molecular weight is 197 g/mol. The summed E-state index contributed by atoms with van der Waals surface area (Å²) < 4.78 is 5.34. The molecule has 0 aromatic carbocycles. The number of rotatable bonds is 3. The topological polar surface area (TPSA) is 53.2 Å². The number of hydrogen-bond donors (Lipinski definition) is 1. The molecule has 80 valence electrons. The molecular formula is C11H19NO2. The molecule has 3 heteroatoms. The van der Waals surface area contributed by atoms with Crippen LogP contribution >= 0.6 is 0 Å². The fourth-order valence-electron chi connectivity index (χ4n) is 2.28. The second-order valence-electron chi connectivity index (χ2n) is 4.09. The van der Waals surface area contributed by atoms with Crippen molar-refractivity contribution in [3.63, 3.8) is 0 Å². The van der Waals surface area contributed by atoms with Crippen molar-refractivity contribution in [3.8, 4) is 6.07 Å². The lowest BCUT2D eigenvalue weighted by Crippen LogP contribution is -2.51. The van der Waals surface area contributed by atoms with Crippen molar-refractivity contribution >= 4 is 0 Å². The standard InChI is InChI=1S/C11H19NO2/c1-3-11(13,4-2)10(8-12)6-5-7-14-9-10/h13H,3-7,9H2,1-2H3. The fourth-order valence-corrected chi connectivity index (χ4v) is 2.28. The van der Waals surface area contributed by atoms with Crippen LogP contribution in [0.3, 0.4) is 0 Å². The smallest absolute Gasteiger partial charge is 0.109 e. The van der Waals surface area contributed by atoms with E-state index in [0.29, 0.717) is 26.1 Å². The Bertz CT molecular complexity index is 222. The summed E-state index contributed by atoms with van der Waals surface area (Å²) in [6, 6.07) is 2.28. The van der Waals surface area contributed by atoms with E-state index < -0.39 is 11.0 Å². The van der Waals surface area contributed by atoms with Crippen molar-refractivity contribution in [2.75, 3.05) is 13.2 Å². The van der Waals surface area contributed by atoms with Gasteiger partial charge in [0.25, 0.3) is 0 Å². The van der Waals surface area contributed by atoms with Gasteiger partial charge in [0.05, 0.1) is 18.3 Å². The number of aliphatic hydroxyl groups is 1. The zero-order valence-electron chi connectivity index (χ0n) is 9.05. The first kappa shape index (κ1) is 11.5. The fraction of sp³-hybridized carbons (Fsp3) is 0.909. The predicted octanol–water partition coefficient (Wildman–Crippen LogP) is 1.86.